The molecule has 0 aliphatic rings. The third-order valence-electron chi connectivity index (χ3n) is 2.73. The Hall–Kier alpha value is -2.86. The molecule has 2 N–H and O–H groups in total. The lowest BCUT2D eigenvalue weighted by Gasteiger charge is -2.09. The number of rotatable bonds is 8. The number of aromatic hydroxyl groups is 1. The van der Waals surface area contributed by atoms with Crippen molar-refractivity contribution in [2.45, 2.75) is 6.42 Å². The summed E-state index contributed by atoms with van der Waals surface area (Å²) in [5, 5.41) is 15.8. The van der Waals surface area contributed by atoms with E-state index in [-0.39, 0.29) is 23.2 Å². The molecule has 8 heteroatoms. The van der Waals surface area contributed by atoms with Crippen molar-refractivity contribution in [3.63, 3.8) is 0 Å². The third-order valence-corrected chi connectivity index (χ3v) is 2.73. The Labute approximate surface area is 128 Å². The monoisotopic (exact) mass is 306 g/mol. The van der Waals surface area contributed by atoms with E-state index in [4.69, 9.17) is 15.0 Å². The zero-order chi connectivity index (χ0) is 16.4. The van der Waals surface area contributed by atoms with E-state index in [1.54, 1.807) is 18.2 Å². The van der Waals surface area contributed by atoms with Crippen LogP contribution in [0.1, 0.15) is 12.0 Å². The van der Waals surface area contributed by atoms with Gasteiger partial charge >= 0.3 is 0 Å². The second-order valence-corrected chi connectivity index (χ2v) is 4.21. The molecule has 1 aromatic rings. The number of benzene rings is 1. The van der Waals surface area contributed by atoms with Gasteiger partial charge in [-0.1, -0.05) is 5.11 Å². The van der Waals surface area contributed by atoms with Crippen LogP contribution < -0.4 is 14.8 Å². The van der Waals surface area contributed by atoms with Crippen molar-refractivity contribution in [1.29, 1.82) is 0 Å². The number of hydrogen-bond acceptors (Lipinski definition) is 5. The minimum absolute atomic E-state index is 0.0929. The van der Waals surface area contributed by atoms with Crippen molar-refractivity contribution >= 4 is 12.0 Å². The van der Waals surface area contributed by atoms with E-state index < -0.39 is 0 Å². The topological polar surface area (TPSA) is 117 Å². The third kappa shape index (κ3) is 5.26. The summed E-state index contributed by atoms with van der Waals surface area (Å²) in [6.07, 6.45) is 3.51. The number of nitrogens with zero attached hydrogens (tertiary/aromatic N) is 3. The molecule has 0 saturated carbocycles. The van der Waals surface area contributed by atoms with Gasteiger partial charge in [-0.05, 0) is 35.7 Å². The highest BCUT2D eigenvalue weighted by molar-refractivity contribution is 5.91. The van der Waals surface area contributed by atoms with Crippen LogP contribution in [0.5, 0.6) is 17.2 Å². The number of carbonyl (C=O) groups is 1. The number of methoxy groups -OCH3 is 2. The minimum atomic E-state index is -0.271. The molecule has 0 fully saturated rings. The molecule has 8 nitrogen and oxygen atoms in total. The van der Waals surface area contributed by atoms with Crippen molar-refractivity contribution < 1.29 is 19.4 Å². The molecule has 0 unspecified atom stereocenters. The van der Waals surface area contributed by atoms with Crippen LogP contribution in [0.2, 0.25) is 0 Å². The molecule has 118 valence electrons. The van der Waals surface area contributed by atoms with Gasteiger partial charge in [0, 0.05) is 24.1 Å². The molecule has 0 aliphatic carbocycles. The number of nitrogens with one attached hydrogen (secondary N) is 1. The molecular formula is C14H18N4O4. The van der Waals surface area contributed by atoms with Gasteiger partial charge in [0.05, 0.1) is 14.2 Å². The van der Waals surface area contributed by atoms with Gasteiger partial charge in [0.2, 0.25) is 11.7 Å². The van der Waals surface area contributed by atoms with E-state index in [0.717, 1.165) is 0 Å². The van der Waals surface area contributed by atoms with Crippen LogP contribution >= 0.6 is 0 Å². The second kappa shape index (κ2) is 9.15. The van der Waals surface area contributed by atoms with E-state index >= 15 is 0 Å². The summed E-state index contributed by atoms with van der Waals surface area (Å²) in [6, 6.07) is 3.17. The number of amides is 1. The summed E-state index contributed by atoms with van der Waals surface area (Å²) in [6.45, 7) is 0.761. The summed E-state index contributed by atoms with van der Waals surface area (Å²) < 4.78 is 10.1. The molecule has 1 amide bonds. The summed E-state index contributed by atoms with van der Waals surface area (Å²) in [4.78, 5) is 14.2. The average molecular weight is 306 g/mol. The summed E-state index contributed by atoms with van der Waals surface area (Å²) in [5.74, 6) is 0.152. The van der Waals surface area contributed by atoms with Gasteiger partial charge in [0.15, 0.2) is 11.5 Å². The fourth-order valence-corrected chi connectivity index (χ4v) is 1.65. The fourth-order valence-electron chi connectivity index (χ4n) is 1.65. The van der Waals surface area contributed by atoms with Crippen LogP contribution in [-0.4, -0.2) is 38.3 Å². The number of ether oxygens (including phenoxy) is 2. The van der Waals surface area contributed by atoms with Crippen molar-refractivity contribution in [1.82, 2.24) is 5.32 Å². The molecule has 0 radical (unpaired) electrons. The van der Waals surface area contributed by atoms with Crippen LogP contribution in [0.25, 0.3) is 16.5 Å². The Kier molecular flexibility index (Phi) is 7.15. The first kappa shape index (κ1) is 17.2. The predicted molar refractivity (Wildman–Crippen MR) is 81.9 cm³/mol. The van der Waals surface area contributed by atoms with Crippen LogP contribution in [0.15, 0.2) is 23.3 Å². The molecule has 0 aliphatic heterocycles. The molecule has 0 aromatic heterocycles. The maximum absolute atomic E-state index is 11.6. The summed E-state index contributed by atoms with van der Waals surface area (Å²) in [5.41, 5.74) is 8.76. The average Bonchev–Trinajstić information content (AvgIpc) is 2.53. The van der Waals surface area contributed by atoms with Gasteiger partial charge < -0.3 is 19.9 Å². The number of phenolic OH excluding ortho intramolecular Hbond substituents is 1. The van der Waals surface area contributed by atoms with E-state index in [1.165, 1.54) is 20.3 Å². The molecule has 22 heavy (non-hydrogen) atoms. The van der Waals surface area contributed by atoms with Crippen molar-refractivity contribution in [3.8, 4) is 17.2 Å². The molecule has 0 heterocycles. The highest BCUT2D eigenvalue weighted by Gasteiger charge is 2.09. The molecule has 0 atom stereocenters. The highest BCUT2D eigenvalue weighted by atomic mass is 16.5. The zero-order valence-corrected chi connectivity index (χ0v) is 12.4. The van der Waals surface area contributed by atoms with E-state index in [0.29, 0.717) is 25.1 Å². The highest BCUT2D eigenvalue weighted by Crippen LogP contribution is 2.37. The van der Waals surface area contributed by atoms with Gasteiger partial charge in [-0.3, -0.25) is 4.79 Å². The minimum Gasteiger partial charge on any atom is -0.502 e. The smallest absolute Gasteiger partial charge is 0.243 e. The molecule has 1 aromatic carbocycles. The first-order chi connectivity index (χ1) is 10.6. The lowest BCUT2D eigenvalue weighted by Crippen LogP contribution is -2.22. The van der Waals surface area contributed by atoms with Gasteiger partial charge in [-0.15, -0.1) is 0 Å². The Morgan fingerprint density at radius 2 is 2.05 bits per heavy atom. The maximum Gasteiger partial charge on any atom is 0.243 e. The predicted octanol–water partition coefficient (Wildman–Crippen LogP) is 2.24. The Bertz CT molecular complexity index is 570. The lowest BCUT2D eigenvalue weighted by molar-refractivity contribution is -0.116. The van der Waals surface area contributed by atoms with Gasteiger partial charge in [0.25, 0.3) is 0 Å². The van der Waals surface area contributed by atoms with Crippen LogP contribution in [-0.2, 0) is 4.79 Å². The molecule has 0 bridgehead atoms. The number of hydrogen-bond donors (Lipinski definition) is 2. The second-order valence-electron chi connectivity index (χ2n) is 4.21. The molecule has 1 rings (SSSR count). The largest absolute Gasteiger partial charge is 0.502 e. The normalized spacial score (nSPS) is 10.1. The van der Waals surface area contributed by atoms with E-state index in [1.807, 2.05) is 0 Å². The summed E-state index contributed by atoms with van der Waals surface area (Å²) in [7, 11) is 2.86. The Morgan fingerprint density at radius 3 is 2.59 bits per heavy atom. The van der Waals surface area contributed by atoms with Gasteiger partial charge in [0.1, 0.15) is 0 Å². The maximum atomic E-state index is 11.6. The number of carbonyl (C=O) groups excluding carboxylic acids is 1. The van der Waals surface area contributed by atoms with Crippen molar-refractivity contribution in [2.24, 2.45) is 5.11 Å². The van der Waals surface area contributed by atoms with E-state index in [2.05, 4.69) is 15.3 Å². The Balaban J connectivity index is 2.65. The van der Waals surface area contributed by atoms with Crippen molar-refractivity contribution in [2.75, 3.05) is 27.3 Å². The lowest BCUT2D eigenvalue weighted by atomic mass is 10.1. The van der Waals surface area contributed by atoms with Crippen LogP contribution in [0.3, 0.4) is 0 Å². The first-order valence-electron chi connectivity index (χ1n) is 6.54. The standard InChI is InChI=1S/C14H18N4O4/c1-21-11-8-10(9-12(22-2)14(11)20)4-5-13(19)16-6-3-7-17-18-15/h4-5,8-9,20H,3,6-7H2,1-2H3,(H,16,19)/b5-4+. The van der Waals surface area contributed by atoms with Gasteiger partial charge in [-0.25, -0.2) is 0 Å². The Morgan fingerprint density at radius 1 is 1.41 bits per heavy atom. The first-order valence-corrected chi connectivity index (χ1v) is 6.54. The van der Waals surface area contributed by atoms with E-state index in [9.17, 15) is 9.90 Å². The number of azide groups is 1. The quantitative estimate of drug-likeness (QED) is 0.252. The molecular weight excluding hydrogens is 288 g/mol. The number of phenols is 1. The molecule has 0 spiro atoms. The SMILES string of the molecule is COc1cc(/C=C/C(=O)NCCCN=[N+]=[N-])cc(OC)c1O. The fraction of sp³-hybridized carbons (Fsp3) is 0.357. The molecule has 0 saturated heterocycles. The van der Waals surface area contributed by atoms with Crippen molar-refractivity contribution in [3.05, 3.63) is 34.2 Å². The van der Waals surface area contributed by atoms with Crippen LogP contribution in [0.4, 0.5) is 0 Å². The van der Waals surface area contributed by atoms with Crippen LogP contribution in [0, 0.1) is 0 Å². The van der Waals surface area contributed by atoms with Gasteiger partial charge in [-0.2, -0.15) is 0 Å². The zero-order valence-electron chi connectivity index (χ0n) is 12.4. The summed E-state index contributed by atoms with van der Waals surface area (Å²) >= 11 is 0.